The average Bonchev–Trinajstić information content (AvgIpc) is 2.84. The van der Waals surface area contributed by atoms with Crippen LogP contribution in [-0.2, 0) is 4.79 Å². The lowest BCUT2D eigenvalue weighted by molar-refractivity contribution is -0.134. The van der Waals surface area contributed by atoms with Crippen molar-refractivity contribution in [1.29, 1.82) is 0 Å². The molecule has 0 spiro atoms. The molecular weight excluding hydrogens is 428 g/mol. The first-order valence-electron chi connectivity index (χ1n) is 12.2. The van der Waals surface area contributed by atoms with Crippen LogP contribution in [-0.4, -0.2) is 58.0 Å². The van der Waals surface area contributed by atoms with Gasteiger partial charge in [0.2, 0.25) is 5.91 Å². The molecule has 3 aromatic rings. The van der Waals surface area contributed by atoms with Crippen LogP contribution < -0.4 is 10.3 Å². The third-order valence-electron chi connectivity index (χ3n) is 6.38. The Morgan fingerprint density at radius 3 is 2.38 bits per heavy atom. The molecule has 180 valence electrons. The largest absolute Gasteiger partial charge is 0.492 e. The zero-order valence-electron chi connectivity index (χ0n) is 20.5. The Bertz CT molecular complexity index is 1210. The SMILES string of the molecule is CCOc1ccccc1-n1c(C(C)N2CCN(C(=O)CC(C)C)CC2)nc2ccccc2c1=O. The Morgan fingerprint density at radius 2 is 1.68 bits per heavy atom. The molecule has 1 amide bonds. The van der Waals surface area contributed by atoms with E-state index in [2.05, 4.69) is 25.7 Å². The first-order chi connectivity index (χ1) is 16.4. The van der Waals surface area contributed by atoms with Gasteiger partial charge in [-0.3, -0.25) is 19.1 Å². The highest BCUT2D eigenvalue weighted by Crippen LogP contribution is 2.28. The van der Waals surface area contributed by atoms with Gasteiger partial charge in [0.15, 0.2) is 0 Å². The van der Waals surface area contributed by atoms with Crippen molar-refractivity contribution < 1.29 is 9.53 Å². The molecule has 0 aliphatic carbocycles. The van der Waals surface area contributed by atoms with Crippen LogP contribution in [0.1, 0.15) is 46.0 Å². The molecule has 7 heteroatoms. The molecule has 1 fully saturated rings. The zero-order valence-corrected chi connectivity index (χ0v) is 20.5. The monoisotopic (exact) mass is 462 g/mol. The van der Waals surface area contributed by atoms with Crippen LogP contribution in [0.25, 0.3) is 16.6 Å². The molecule has 1 aliphatic rings. The fourth-order valence-electron chi connectivity index (χ4n) is 4.58. The summed E-state index contributed by atoms with van der Waals surface area (Å²) in [5.41, 5.74) is 1.27. The van der Waals surface area contributed by atoms with Crippen LogP contribution in [0.2, 0.25) is 0 Å². The number of hydrogen-bond donors (Lipinski definition) is 0. The van der Waals surface area contributed by atoms with E-state index in [1.54, 1.807) is 4.57 Å². The second-order valence-corrected chi connectivity index (χ2v) is 9.22. The molecule has 1 atom stereocenters. The van der Waals surface area contributed by atoms with Crippen molar-refractivity contribution in [2.24, 2.45) is 5.92 Å². The van der Waals surface area contributed by atoms with Crippen LogP contribution in [0.4, 0.5) is 0 Å². The van der Waals surface area contributed by atoms with E-state index in [0.29, 0.717) is 60.2 Å². The maximum Gasteiger partial charge on any atom is 0.266 e. The van der Waals surface area contributed by atoms with Crippen LogP contribution in [0.15, 0.2) is 53.3 Å². The maximum atomic E-state index is 13.7. The minimum absolute atomic E-state index is 0.106. The predicted molar refractivity (Wildman–Crippen MR) is 135 cm³/mol. The quantitative estimate of drug-likeness (QED) is 0.530. The minimum Gasteiger partial charge on any atom is -0.492 e. The molecule has 7 nitrogen and oxygen atoms in total. The Kier molecular flexibility index (Phi) is 7.32. The van der Waals surface area contributed by atoms with Crippen LogP contribution >= 0.6 is 0 Å². The van der Waals surface area contributed by atoms with Crippen molar-refractivity contribution in [3.8, 4) is 11.4 Å². The number of para-hydroxylation sites is 3. The van der Waals surface area contributed by atoms with E-state index in [9.17, 15) is 9.59 Å². The molecule has 2 heterocycles. The molecule has 1 aliphatic heterocycles. The van der Waals surface area contributed by atoms with Gasteiger partial charge < -0.3 is 9.64 Å². The van der Waals surface area contributed by atoms with Gasteiger partial charge in [0, 0.05) is 32.6 Å². The van der Waals surface area contributed by atoms with E-state index >= 15 is 0 Å². The highest BCUT2D eigenvalue weighted by Gasteiger charge is 2.28. The lowest BCUT2D eigenvalue weighted by atomic mass is 10.1. The Balaban J connectivity index is 1.72. The van der Waals surface area contributed by atoms with Crippen molar-refractivity contribution in [3.63, 3.8) is 0 Å². The molecule has 0 saturated carbocycles. The normalized spacial score (nSPS) is 15.6. The summed E-state index contributed by atoms with van der Waals surface area (Å²) in [6, 6.07) is 15.0. The van der Waals surface area contributed by atoms with Crippen LogP contribution in [0.5, 0.6) is 5.75 Å². The van der Waals surface area contributed by atoms with Crippen molar-refractivity contribution >= 4 is 16.8 Å². The number of carbonyl (C=O) groups excluding carboxylic acids is 1. The van der Waals surface area contributed by atoms with Gasteiger partial charge in [-0.25, -0.2) is 4.98 Å². The third-order valence-corrected chi connectivity index (χ3v) is 6.38. The maximum absolute atomic E-state index is 13.7. The number of ether oxygens (including phenoxy) is 1. The summed E-state index contributed by atoms with van der Waals surface area (Å²) in [7, 11) is 0. The van der Waals surface area contributed by atoms with E-state index < -0.39 is 0 Å². The molecule has 1 unspecified atom stereocenters. The number of aromatic nitrogens is 2. The van der Waals surface area contributed by atoms with E-state index in [-0.39, 0.29) is 17.5 Å². The molecule has 4 rings (SSSR count). The van der Waals surface area contributed by atoms with E-state index in [1.165, 1.54) is 0 Å². The summed E-state index contributed by atoms with van der Waals surface area (Å²) in [6.07, 6.45) is 0.579. The van der Waals surface area contributed by atoms with Gasteiger partial charge in [0.05, 0.1) is 29.2 Å². The Hall–Kier alpha value is -3.19. The van der Waals surface area contributed by atoms with Crippen molar-refractivity contribution in [1.82, 2.24) is 19.4 Å². The molecular formula is C27H34N4O3. The topological polar surface area (TPSA) is 67.7 Å². The highest BCUT2D eigenvalue weighted by atomic mass is 16.5. The predicted octanol–water partition coefficient (Wildman–Crippen LogP) is 4.04. The summed E-state index contributed by atoms with van der Waals surface area (Å²) in [5.74, 6) is 1.90. The molecule has 0 radical (unpaired) electrons. The molecule has 1 aromatic heterocycles. The summed E-state index contributed by atoms with van der Waals surface area (Å²) < 4.78 is 7.57. The van der Waals surface area contributed by atoms with Crippen LogP contribution in [0.3, 0.4) is 0 Å². The number of carbonyl (C=O) groups is 1. The van der Waals surface area contributed by atoms with Gasteiger partial charge >= 0.3 is 0 Å². The van der Waals surface area contributed by atoms with Crippen molar-refractivity contribution in [3.05, 3.63) is 64.7 Å². The zero-order chi connectivity index (χ0) is 24.2. The van der Waals surface area contributed by atoms with E-state index in [1.807, 2.05) is 60.4 Å². The van der Waals surface area contributed by atoms with Gasteiger partial charge in [-0.05, 0) is 44.0 Å². The molecule has 0 bridgehead atoms. The number of amides is 1. The summed E-state index contributed by atoms with van der Waals surface area (Å²) >= 11 is 0. The lowest BCUT2D eigenvalue weighted by Crippen LogP contribution is -2.50. The number of benzene rings is 2. The number of hydrogen-bond acceptors (Lipinski definition) is 5. The number of nitrogens with zero attached hydrogens (tertiary/aromatic N) is 4. The van der Waals surface area contributed by atoms with Gasteiger partial charge in [-0.15, -0.1) is 0 Å². The van der Waals surface area contributed by atoms with Crippen LogP contribution in [0, 0.1) is 5.92 Å². The standard InChI is InChI=1S/C27H34N4O3/c1-5-34-24-13-9-8-12-23(24)31-26(28-22-11-7-6-10-21(22)27(31)33)20(4)29-14-16-30(17-15-29)25(32)18-19(2)3/h6-13,19-20H,5,14-18H2,1-4H3. The van der Waals surface area contributed by atoms with Crippen molar-refractivity contribution in [2.75, 3.05) is 32.8 Å². The minimum atomic E-state index is -0.116. The fraction of sp³-hybridized carbons (Fsp3) is 0.444. The fourth-order valence-corrected chi connectivity index (χ4v) is 4.58. The molecule has 34 heavy (non-hydrogen) atoms. The summed E-state index contributed by atoms with van der Waals surface area (Å²) in [6.45, 7) is 11.5. The second kappa shape index (κ2) is 10.4. The van der Waals surface area contributed by atoms with Gasteiger partial charge in [0.1, 0.15) is 11.6 Å². The number of piperazine rings is 1. The summed E-state index contributed by atoms with van der Waals surface area (Å²) in [4.78, 5) is 35.5. The second-order valence-electron chi connectivity index (χ2n) is 9.22. The van der Waals surface area contributed by atoms with Gasteiger partial charge in [-0.1, -0.05) is 38.1 Å². The average molecular weight is 463 g/mol. The van der Waals surface area contributed by atoms with E-state index in [0.717, 1.165) is 13.1 Å². The lowest BCUT2D eigenvalue weighted by Gasteiger charge is -2.38. The number of rotatable bonds is 7. The highest BCUT2D eigenvalue weighted by molar-refractivity contribution is 5.78. The summed E-state index contributed by atoms with van der Waals surface area (Å²) in [5, 5.41) is 0.578. The van der Waals surface area contributed by atoms with Gasteiger partial charge in [0.25, 0.3) is 5.56 Å². The smallest absolute Gasteiger partial charge is 0.266 e. The Labute approximate surface area is 201 Å². The first-order valence-corrected chi connectivity index (χ1v) is 12.2. The molecule has 1 saturated heterocycles. The van der Waals surface area contributed by atoms with E-state index in [4.69, 9.17) is 9.72 Å². The Morgan fingerprint density at radius 1 is 1.00 bits per heavy atom. The molecule has 0 N–H and O–H groups in total. The third kappa shape index (κ3) is 4.85. The number of fused-ring (bicyclic) bond motifs is 1. The molecule has 2 aromatic carbocycles. The van der Waals surface area contributed by atoms with Crippen molar-refractivity contribution in [2.45, 2.75) is 40.2 Å². The first kappa shape index (κ1) is 24.0. The van der Waals surface area contributed by atoms with Gasteiger partial charge in [-0.2, -0.15) is 0 Å².